The van der Waals surface area contributed by atoms with Crippen molar-refractivity contribution in [1.29, 1.82) is 0 Å². The highest BCUT2D eigenvalue weighted by Crippen LogP contribution is 2.21. The van der Waals surface area contributed by atoms with Crippen LogP contribution in [0.25, 0.3) is 0 Å². The molecule has 2 rings (SSSR count). The molecule has 0 atom stereocenters. The quantitative estimate of drug-likeness (QED) is 0.910. The van der Waals surface area contributed by atoms with Gasteiger partial charge in [0.25, 0.3) is 0 Å². The van der Waals surface area contributed by atoms with Crippen LogP contribution in [0.4, 0.5) is 10.5 Å². The lowest BCUT2D eigenvalue weighted by Crippen LogP contribution is -2.28. The van der Waals surface area contributed by atoms with Crippen molar-refractivity contribution in [3.63, 3.8) is 0 Å². The molecule has 2 aromatic heterocycles. The number of carbonyl (C=O) groups is 1. The van der Waals surface area contributed by atoms with E-state index in [0.717, 1.165) is 21.3 Å². The second-order valence-electron chi connectivity index (χ2n) is 4.91. The maximum Gasteiger partial charge on any atom is 0.319 e. The summed E-state index contributed by atoms with van der Waals surface area (Å²) < 4.78 is 1.71. The molecular formula is C13H19N5OS. The van der Waals surface area contributed by atoms with Crippen molar-refractivity contribution >= 4 is 23.1 Å². The summed E-state index contributed by atoms with van der Waals surface area (Å²) in [7, 11) is 1.84. The minimum absolute atomic E-state index is 0.231. The second kappa shape index (κ2) is 6.04. The SMILES string of the molecule is Cc1ncc(CNC(=O)Nc2cn(C)nc2C(C)C)s1. The van der Waals surface area contributed by atoms with E-state index >= 15 is 0 Å². The van der Waals surface area contributed by atoms with Gasteiger partial charge in [-0.2, -0.15) is 5.10 Å². The largest absolute Gasteiger partial charge is 0.333 e. The predicted molar refractivity (Wildman–Crippen MR) is 80.0 cm³/mol. The molecule has 2 aromatic rings. The molecule has 20 heavy (non-hydrogen) atoms. The van der Waals surface area contributed by atoms with Crippen LogP contribution in [0.3, 0.4) is 0 Å². The molecule has 0 spiro atoms. The van der Waals surface area contributed by atoms with Gasteiger partial charge in [-0.1, -0.05) is 13.8 Å². The predicted octanol–water partition coefficient (Wildman–Crippen LogP) is 2.63. The normalized spacial score (nSPS) is 10.8. The number of aryl methyl sites for hydroxylation is 2. The van der Waals surface area contributed by atoms with Crippen LogP contribution in [0.2, 0.25) is 0 Å². The lowest BCUT2D eigenvalue weighted by atomic mass is 10.1. The Bertz CT molecular complexity index is 602. The molecular weight excluding hydrogens is 274 g/mol. The first-order valence-corrected chi connectivity index (χ1v) is 7.27. The van der Waals surface area contributed by atoms with Crippen LogP contribution < -0.4 is 10.6 Å². The third-order valence-electron chi connectivity index (χ3n) is 2.74. The number of hydrogen-bond donors (Lipinski definition) is 2. The van der Waals surface area contributed by atoms with E-state index in [1.807, 2.05) is 34.0 Å². The molecule has 0 aliphatic carbocycles. The van der Waals surface area contributed by atoms with E-state index in [2.05, 4.69) is 20.7 Å². The Morgan fingerprint density at radius 2 is 2.25 bits per heavy atom. The van der Waals surface area contributed by atoms with Gasteiger partial charge in [-0.15, -0.1) is 11.3 Å². The zero-order valence-corrected chi connectivity index (χ0v) is 12.9. The number of nitrogens with one attached hydrogen (secondary N) is 2. The highest BCUT2D eigenvalue weighted by molar-refractivity contribution is 7.11. The van der Waals surface area contributed by atoms with E-state index in [4.69, 9.17) is 0 Å². The van der Waals surface area contributed by atoms with Crippen LogP contribution in [0.1, 0.15) is 35.3 Å². The maximum atomic E-state index is 11.9. The van der Waals surface area contributed by atoms with Crippen LogP contribution in [-0.4, -0.2) is 20.8 Å². The molecule has 2 amide bonds. The fourth-order valence-corrected chi connectivity index (χ4v) is 2.58. The highest BCUT2D eigenvalue weighted by Gasteiger charge is 2.13. The number of thiazole rings is 1. The Kier molecular flexibility index (Phi) is 4.39. The van der Waals surface area contributed by atoms with E-state index in [-0.39, 0.29) is 11.9 Å². The smallest absolute Gasteiger partial charge is 0.319 e. The third-order valence-corrected chi connectivity index (χ3v) is 3.66. The average molecular weight is 293 g/mol. The first-order valence-electron chi connectivity index (χ1n) is 6.45. The Morgan fingerprint density at radius 3 is 2.85 bits per heavy atom. The molecule has 0 unspecified atom stereocenters. The number of anilines is 1. The molecule has 0 aromatic carbocycles. The van der Waals surface area contributed by atoms with Gasteiger partial charge in [0.2, 0.25) is 0 Å². The van der Waals surface area contributed by atoms with Crippen LogP contribution >= 0.6 is 11.3 Å². The summed E-state index contributed by atoms with van der Waals surface area (Å²) in [6.45, 7) is 6.52. The number of carbonyl (C=O) groups excluding carboxylic acids is 1. The fraction of sp³-hybridized carbons (Fsp3) is 0.462. The molecule has 0 saturated carbocycles. The van der Waals surface area contributed by atoms with Crippen molar-refractivity contribution in [2.75, 3.05) is 5.32 Å². The van der Waals surface area contributed by atoms with Gasteiger partial charge < -0.3 is 10.6 Å². The van der Waals surface area contributed by atoms with Crippen LogP contribution in [0.5, 0.6) is 0 Å². The molecule has 0 aliphatic rings. The fourth-order valence-electron chi connectivity index (χ4n) is 1.85. The molecule has 0 bridgehead atoms. The van der Waals surface area contributed by atoms with Gasteiger partial charge in [0, 0.05) is 24.3 Å². The summed E-state index contributed by atoms with van der Waals surface area (Å²) in [5.74, 6) is 0.260. The zero-order valence-electron chi connectivity index (χ0n) is 12.1. The summed E-state index contributed by atoms with van der Waals surface area (Å²) in [5, 5.41) is 11.0. The summed E-state index contributed by atoms with van der Waals surface area (Å²) >= 11 is 1.58. The van der Waals surface area contributed by atoms with Crippen molar-refractivity contribution in [2.24, 2.45) is 7.05 Å². The number of urea groups is 1. The van der Waals surface area contributed by atoms with Gasteiger partial charge in [-0.05, 0) is 12.8 Å². The van der Waals surface area contributed by atoms with Gasteiger partial charge in [0.15, 0.2) is 0 Å². The Morgan fingerprint density at radius 1 is 1.50 bits per heavy atom. The van der Waals surface area contributed by atoms with Gasteiger partial charge in [-0.25, -0.2) is 9.78 Å². The molecule has 2 heterocycles. The molecule has 0 saturated heterocycles. The minimum Gasteiger partial charge on any atom is -0.333 e. The number of hydrogen-bond acceptors (Lipinski definition) is 4. The lowest BCUT2D eigenvalue weighted by Gasteiger charge is -2.08. The van der Waals surface area contributed by atoms with Crippen molar-refractivity contribution < 1.29 is 4.79 Å². The number of amides is 2. The molecule has 0 fully saturated rings. The molecule has 6 nitrogen and oxygen atoms in total. The van der Waals surface area contributed by atoms with E-state index in [0.29, 0.717) is 6.54 Å². The summed E-state index contributed by atoms with van der Waals surface area (Å²) in [6.07, 6.45) is 3.59. The van der Waals surface area contributed by atoms with Gasteiger partial charge in [-0.3, -0.25) is 4.68 Å². The number of rotatable bonds is 4. The molecule has 2 N–H and O–H groups in total. The van der Waals surface area contributed by atoms with E-state index in [1.165, 1.54) is 0 Å². The first-order chi connectivity index (χ1) is 9.45. The molecule has 0 radical (unpaired) electrons. The average Bonchev–Trinajstić information content (AvgIpc) is 2.93. The summed E-state index contributed by atoms with van der Waals surface area (Å²) in [5.41, 5.74) is 1.64. The zero-order chi connectivity index (χ0) is 14.7. The van der Waals surface area contributed by atoms with Crippen molar-refractivity contribution in [1.82, 2.24) is 20.1 Å². The van der Waals surface area contributed by atoms with Crippen LogP contribution in [0, 0.1) is 6.92 Å². The maximum absolute atomic E-state index is 11.9. The van der Waals surface area contributed by atoms with Crippen molar-refractivity contribution in [3.8, 4) is 0 Å². The van der Waals surface area contributed by atoms with Crippen molar-refractivity contribution in [2.45, 2.75) is 33.2 Å². The standard InChI is InChI=1S/C13H19N5OS/c1-8(2)12-11(7-18(4)17-12)16-13(19)15-6-10-5-14-9(3)20-10/h5,7-8H,6H2,1-4H3,(H2,15,16,19). The first kappa shape index (κ1) is 14.5. The second-order valence-corrected chi connectivity index (χ2v) is 6.23. The molecule has 108 valence electrons. The van der Waals surface area contributed by atoms with Gasteiger partial charge in [0.05, 0.1) is 22.9 Å². The minimum atomic E-state index is -0.231. The Hall–Kier alpha value is -1.89. The molecule has 7 heteroatoms. The topological polar surface area (TPSA) is 71.8 Å². The third kappa shape index (κ3) is 3.57. The Labute approximate surface area is 122 Å². The van der Waals surface area contributed by atoms with Gasteiger partial charge >= 0.3 is 6.03 Å². The van der Waals surface area contributed by atoms with Crippen LogP contribution in [0.15, 0.2) is 12.4 Å². The lowest BCUT2D eigenvalue weighted by molar-refractivity contribution is 0.252. The van der Waals surface area contributed by atoms with Crippen molar-refractivity contribution in [3.05, 3.63) is 28.0 Å². The number of nitrogens with zero attached hydrogens (tertiary/aromatic N) is 3. The van der Waals surface area contributed by atoms with E-state index < -0.39 is 0 Å². The van der Waals surface area contributed by atoms with E-state index in [1.54, 1.807) is 22.2 Å². The van der Waals surface area contributed by atoms with E-state index in [9.17, 15) is 4.79 Å². The summed E-state index contributed by atoms with van der Waals surface area (Å²) in [4.78, 5) is 17.1. The molecule has 0 aliphatic heterocycles. The Balaban J connectivity index is 1.94. The highest BCUT2D eigenvalue weighted by atomic mass is 32.1. The summed E-state index contributed by atoms with van der Waals surface area (Å²) in [6, 6.07) is -0.231. The number of aromatic nitrogens is 3. The van der Waals surface area contributed by atoms with Gasteiger partial charge in [0.1, 0.15) is 0 Å². The van der Waals surface area contributed by atoms with Crippen LogP contribution in [-0.2, 0) is 13.6 Å². The monoisotopic (exact) mass is 293 g/mol.